The second-order valence-electron chi connectivity index (χ2n) is 5.11. The summed E-state index contributed by atoms with van der Waals surface area (Å²) in [5, 5.41) is 10.5. The van der Waals surface area contributed by atoms with Crippen molar-refractivity contribution < 1.29 is 37.2 Å². The summed E-state index contributed by atoms with van der Waals surface area (Å²) in [5.74, 6) is -1.94. The molecule has 142 valence electrons. The number of nitrogens with zero attached hydrogens (tertiary/aromatic N) is 1. The lowest BCUT2D eigenvalue weighted by atomic mass is 10.1. The van der Waals surface area contributed by atoms with Crippen molar-refractivity contribution in [1.82, 2.24) is 0 Å². The highest BCUT2D eigenvalue weighted by Crippen LogP contribution is 2.18. The molecule has 0 unspecified atom stereocenters. The Balaban J connectivity index is 1.93. The number of hydrogen-bond donors (Lipinski definition) is 0. The van der Waals surface area contributed by atoms with Crippen LogP contribution in [0.3, 0.4) is 0 Å². The molecular weight excluding hydrogens is 368 g/mol. The summed E-state index contributed by atoms with van der Waals surface area (Å²) in [5.41, 5.74) is 0.141. The van der Waals surface area contributed by atoms with E-state index in [0.717, 1.165) is 18.2 Å². The van der Waals surface area contributed by atoms with Crippen LogP contribution < -0.4 is 4.74 Å². The first kappa shape index (κ1) is 19.8. The van der Waals surface area contributed by atoms with E-state index in [1.807, 2.05) is 0 Å². The Morgan fingerprint density at radius 3 is 2.41 bits per heavy atom. The molecule has 0 fully saturated rings. The lowest BCUT2D eigenvalue weighted by Gasteiger charge is -2.11. The number of alkyl halides is 2. The fraction of sp³-hybridized carbons (Fsp3) is 0.176. The fourth-order valence-electron chi connectivity index (χ4n) is 1.98. The molecule has 0 aliphatic rings. The van der Waals surface area contributed by atoms with E-state index in [9.17, 15) is 28.5 Å². The fourth-order valence-corrected chi connectivity index (χ4v) is 1.98. The lowest BCUT2D eigenvalue weighted by molar-refractivity contribution is -0.402. The molecule has 27 heavy (non-hydrogen) atoms. The number of benzene rings is 1. The minimum absolute atomic E-state index is 0.0623. The van der Waals surface area contributed by atoms with Crippen molar-refractivity contribution >= 4 is 23.7 Å². The zero-order valence-electron chi connectivity index (χ0n) is 13.8. The summed E-state index contributed by atoms with van der Waals surface area (Å²) >= 11 is 0. The van der Waals surface area contributed by atoms with Gasteiger partial charge in [-0.2, -0.15) is 8.78 Å². The number of ether oxygens (including phenoxy) is 2. The van der Waals surface area contributed by atoms with Crippen LogP contribution in [0.5, 0.6) is 5.75 Å². The summed E-state index contributed by atoms with van der Waals surface area (Å²) in [7, 11) is 0. The van der Waals surface area contributed by atoms with Crippen molar-refractivity contribution in [2.45, 2.75) is 19.6 Å². The maximum Gasteiger partial charge on any atom is 0.433 e. The molecule has 8 nitrogen and oxygen atoms in total. The van der Waals surface area contributed by atoms with E-state index in [1.165, 1.54) is 37.3 Å². The first-order valence-electron chi connectivity index (χ1n) is 7.48. The molecule has 0 saturated carbocycles. The number of carbonyl (C=O) groups excluding carboxylic acids is 2. The van der Waals surface area contributed by atoms with Crippen molar-refractivity contribution in [1.29, 1.82) is 0 Å². The van der Waals surface area contributed by atoms with Gasteiger partial charge in [-0.25, -0.2) is 4.79 Å². The third-order valence-electron chi connectivity index (χ3n) is 3.20. The van der Waals surface area contributed by atoms with Crippen LogP contribution in [0, 0.1) is 10.1 Å². The summed E-state index contributed by atoms with van der Waals surface area (Å²) in [6.07, 6.45) is 0.963. The number of furan rings is 1. The SMILES string of the molecule is C[C@H](OC(=O)/C=C/c1ccc([N+](=O)[O-])o1)C(=O)c1ccc(OC(F)F)cc1. The number of nitro groups is 1. The van der Waals surface area contributed by atoms with Gasteiger partial charge in [-0.3, -0.25) is 14.9 Å². The van der Waals surface area contributed by atoms with Gasteiger partial charge in [-0.1, -0.05) is 0 Å². The molecule has 2 aromatic rings. The molecule has 0 spiro atoms. The van der Waals surface area contributed by atoms with E-state index in [4.69, 9.17) is 9.15 Å². The van der Waals surface area contributed by atoms with Crippen molar-refractivity contribution in [2.24, 2.45) is 0 Å². The molecule has 1 heterocycles. The Morgan fingerprint density at radius 2 is 1.85 bits per heavy atom. The second kappa shape index (κ2) is 8.70. The molecule has 1 aromatic carbocycles. The maximum absolute atomic E-state index is 12.2. The number of rotatable bonds is 8. The average molecular weight is 381 g/mol. The number of Topliss-reactive ketones (excluding diaryl/α,β-unsaturated/α-hetero) is 1. The van der Waals surface area contributed by atoms with E-state index in [2.05, 4.69) is 4.74 Å². The van der Waals surface area contributed by atoms with Crippen LogP contribution in [0.25, 0.3) is 6.08 Å². The summed E-state index contributed by atoms with van der Waals surface area (Å²) < 4.78 is 38.1. The van der Waals surface area contributed by atoms with Gasteiger partial charge in [0.2, 0.25) is 5.78 Å². The molecule has 0 radical (unpaired) electrons. The lowest BCUT2D eigenvalue weighted by Crippen LogP contribution is -2.23. The van der Waals surface area contributed by atoms with Gasteiger partial charge in [0, 0.05) is 11.6 Å². The molecule has 2 rings (SSSR count). The highest BCUT2D eigenvalue weighted by molar-refractivity contribution is 6.01. The number of carbonyl (C=O) groups is 2. The van der Waals surface area contributed by atoms with Crippen LogP contribution in [-0.2, 0) is 9.53 Å². The molecule has 0 aliphatic heterocycles. The van der Waals surface area contributed by atoms with Gasteiger partial charge in [-0.05, 0) is 43.3 Å². The van der Waals surface area contributed by atoms with Crippen molar-refractivity contribution in [2.75, 3.05) is 0 Å². The summed E-state index contributed by atoms with van der Waals surface area (Å²) in [6.45, 7) is -1.64. The van der Waals surface area contributed by atoms with Crippen LogP contribution in [-0.4, -0.2) is 29.4 Å². The Morgan fingerprint density at radius 1 is 1.19 bits per heavy atom. The highest BCUT2D eigenvalue weighted by atomic mass is 19.3. The predicted octanol–water partition coefficient (Wildman–Crippen LogP) is 3.62. The maximum atomic E-state index is 12.2. The Labute approximate surface area is 151 Å². The normalized spacial score (nSPS) is 12.1. The van der Waals surface area contributed by atoms with Gasteiger partial charge in [0.1, 0.15) is 16.4 Å². The largest absolute Gasteiger partial charge is 0.451 e. The third-order valence-corrected chi connectivity index (χ3v) is 3.20. The molecule has 0 N–H and O–H groups in total. The van der Waals surface area contributed by atoms with E-state index in [-0.39, 0.29) is 17.1 Å². The third kappa shape index (κ3) is 5.73. The minimum Gasteiger partial charge on any atom is -0.451 e. The number of ketones is 1. The Hall–Kier alpha value is -3.56. The monoisotopic (exact) mass is 381 g/mol. The summed E-state index contributed by atoms with van der Waals surface area (Å²) in [6, 6.07) is 7.33. The van der Waals surface area contributed by atoms with Crippen LogP contribution in [0.2, 0.25) is 0 Å². The smallest absolute Gasteiger partial charge is 0.433 e. The van der Waals surface area contributed by atoms with E-state index in [1.54, 1.807) is 0 Å². The Bertz CT molecular complexity index is 858. The van der Waals surface area contributed by atoms with Crippen LogP contribution in [0.15, 0.2) is 46.9 Å². The minimum atomic E-state index is -2.98. The van der Waals surface area contributed by atoms with E-state index < -0.39 is 35.3 Å². The molecule has 0 aliphatic carbocycles. The van der Waals surface area contributed by atoms with Crippen molar-refractivity contribution in [3.63, 3.8) is 0 Å². The second-order valence-corrected chi connectivity index (χ2v) is 5.11. The molecule has 0 bridgehead atoms. The molecule has 0 amide bonds. The predicted molar refractivity (Wildman–Crippen MR) is 87.4 cm³/mol. The van der Waals surface area contributed by atoms with Crippen molar-refractivity contribution in [3.8, 4) is 5.75 Å². The first-order chi connectivity index (χ1) is 12.8. The molecular formula is C17H13F2NO7. The van der Waals surface area contributed by atoms with Gasteiger partial charge < -0.3 is 13.9 Å². The molecule has 1 aromatic heterocycles. The molecule has 0 saturated heterocycles. The van der Waals surface area contributed by atoms with Gasteiger partial charge in [0.25, 0.3) is 0 Å². The standard InChI is InChI=1S/C17H13F2NO7/c1-10(16(22)11-2-4-13(5-3-11)27-17(18)19)25-15(21)9-7-12-6-8-14(26-12)20(23)24/h2-10,17H,1H3/b9-7+/t10-/m0/s1. The van der Waals surface area contributed by atoms with Crippen LogP contribution in [0.4, 0.5) is 14.7 Å². The number of hydrogen-bond acceptors (Lipinski definition) is 7. The van der Waals surface area contributed by atoms with Gasteiger partial charge >= 0.3 is 18.5 Å². The topological polar surface area (TPSA) is 109 Å². The van der Waals surface area contributed by atoms with E-state index >= 15 is 0 Å². The van der Waals surface area contributed by atoms with Crippen LogP contribution in [0.1, 0.15) is 23.0 Å². The van der Waals surface area contributed by atoms with Crippen molar-refractivity contribution in [3.05, 3.63) is 63.9 Å². The van der Waals surface area contributed by atoms with Crippen LogP contribution >= 0.6 is 0 Å². The van der Waals surface area contributed by atoms with Gasteiger partial charge in [0.05, 0.1) is 6.07 Å². The summed E-state index contributed by atoms with van der Waals surface area (Å²) in [4.78, 5) is 33.7. The zero-order chi connectivity index (χ0) is 20.0. The first-order valence-corrected chi connectivity index (χ1v) is 7.48. The average Bonchev–Trinajstić information content (AvgIpc) is 3.09. The number of esters is 1. The van der Waals surface area contributed by atoms with E-state index in [0.29, 0.717) is 0 Å². The Kier molecular flexibility index (Phi) is 6.36. The highest BCUT2D eigenvalue weighted by Gasteiger charge is 2.19. The van der Waals surface area contributed by atoms with Gasteiger partial charge in [-0.15, -0.1) is 0 Å². The quantitative estimate of drug-likeness (QED) is 0.226. The molecule has 1 atom stereocenters. The molecule has 10 heteroatoms. The zero-order valence-corrected chi connectivity index (χ0v) is 13.8. The van der Waals surface area contributed by atoms with Gasteiger partial charge in [0.15, 0.2) is 6.10 Å². The number of halogens is 2.